The zero-order chi connectivity index (χ0) is 19.5. The summed E-state index contributed by atoms with van der Waals surface area (Å²) in [5, 5.41) is 14.0. The van der Waals surface area contributed by atoms with Gasteiger partial charge in [-0.1, -0.05) is 18.2 Å². The second-order valence-electron chi connectivity index (χ2n) is 6.19. The molecule has 0 aliphatic rings. The number of hydrogen-bond acceptors (Lipinski definition) is 5. The number of halogens is 2. The third-order valence-electron chi connectivity index (χ3n) is 4.32. The molecule has 0 aliphatic heterocycles. The molecule has 4 aromatic rings. The van der Waals surface area contributed by atoms with Crippen LogP contribution in [0, 0.1) is 11.6 Å². The Bertz CT molecular complexity index is 1100. The van der Waals surface area contributed by atoms with Gasteiger partial charge in [0.25, 0.3) is 0 Å². The Morgan fingerprint density at radius 1 is 0.929 bits per heavy atom. The summed E-state index contributed by atoms with van der Waals surface area (Å²) in [5.41, 5.74) is 1.06. The number of para-hydroxylation sites is 1. The van der Waals surface area contributed by atoms with Crippen LogP contribution in [0.15, 0.2) is 67.0 Å². The van der Waals surface area contributed by atoms with Crippen molar-refractivity contribution in [1.29, 1.82) is 0 Å². The highest BCUT2D eigenvalue weighted by atomic mass is 19.1. The van der Waals surface area contributed by atoms with Gasteiger partial charge in [-0.15, -0.1) is 0 Å². The molecule has 2 aromatic heterocycles. The molecule has 0 spiro atoms. The number of aliphatic hydroxyl groups excluding tert-OH is 1. The van der Waals surface area contributed by atoms with Gasteiger partial charge < -0.3 is 10.4 Å². The highest BCUT2D eigenvalue weighted by Crippen LogP contribution is 2.26. The molecule has 1 unspecified atom stereocenters. The van der Waals surface area contributed by atoms with Gasteiger partial charge >= 0.3 is 0 Å². The molecule has 0 aliphatic carbocycles. The van der Waals surface area contributed by atoms with Gasteiger partial charge in [0.1, 0.15) is 23.6 Å². The van der Waals surface area contributed by atoms with E-state index >= 15 is 0 Å². The molecular formula is C21H16F2N4O. The number of rotatable bonds is 5. The number of anilines is 1. The van der Waals surface area contributed by atoms with E-state index in [-0.39, 0.29) is 12.1 Å². The van der Waals surface area contributed by atoms with Gasteiger partial charge in [-0.25, -0.2) is 18.7 Å². The number of benzene rings is 2. The van der Waals surface area contributed by atoms with Gasteiger partial charge in [-0.3, -0.25) is 4.98 Å². The van der Waals surface area contributed by atoms with Crippen LogP contribution in [-0.2, 0) is 0 Å². The lowest BCUT2D eigenvalue weighted by atomic mass is 10.1. The van der Waals surface area contributed by atoms with Crippen molar-refractivity contribution in [2.24, 2.45) is 0 Å². The molecule has 0 radical (unpaired) electrons. The van der Waals surface area contributed by atoms with Crippen molar-refractivity contribution in [3.63, 3.8) is 0 Å². The minimum Gasteiger partial charge on any atom is -0.386 e. The van der Waals surface area contributed by atoms with Crippen molar-refractivity contribution in [1.82, 2.24) is 15.0 Å². The molecule has 2 heterocycles. The molecule has 28 heavy (non-hydrogen) atoms. The molecule has 0 amide bonds. The first-order valence-electron chi connectivity index (χ1n) is 8.66. The first-order chi connectivity index (χ1) is 13.6. The summed E-state index contributed by atoms with van der Waals surface area (Å²) >= 11 is 0. The Balaban J connectivity index is 1.68. The monoisotopic (exact) mass is 378 g/mol. The van der Waals surface area contributed by atoms with Crippen LogP contribution in [0.2, 0.25) is 0 Å². The SMILES string of the molecule is OC(CNc1nc(-c2cccnc2)nc2ccccc12)c1c(F)cccc1F. The average Bonchev–Trinajstić information content (AvgIpc) is 2.72. The van der Waals surface area contributed by atoms with Crippen LogP contribution in [-0.4, -0.2) is 26.6 Å². The Morgan fingerprint density at radius 2 is 1.71 bits per heavy atom. The van der Waals surface area contributed by atoms with E-state index in [9.17, 15) is 13.9 Å². The molecule has 5 nitrogen and oxygen atoms in total. The predicted molar refractivity (Wildman–Crippen MR) is 103 cm³/mol. The first-order valence-corrected chi connectivity index (χ1v) is 8.66. The number of aliphatic hydroxyl groups is 1. The zero-order valence-electron chi connectivity index (χ0n) is 14.7. The molecule has 140 valence electrons. The van der Waals surface area contributed by atoms with Crippen LogP contribution >= 0.6 is 0 Å². The summed E-state index contributed by atoms with van der Waals surface area (Å²) in [6.07, 6.45) is 1.93. The van der Waals surface area contributed by atoms with Crippen molar-refractivity contribution >= 4 is 16.7 Å². The molecule has 0 saturated heterocycles. The van der Waals surface area contributed by atoms with Crippen LogP contribution < -0.4 is 5.32 Å². The highest BCUT2D eigenvalue weighted by Gasteiger charge is 2.18. The topological polar surface area (TPSA) is 70.9 Å². The number of pyridine rings is 1. The van der Waals surface area contributed by atoms with Crippen molar-refractivity contribution in [3.8, 4) is 11.4 Å². The van der Waals surface area contributed by atoms with Crippen molar-refractivity contribution in [2.45, 2.75) is 6.10 Å². The first kappa shape index (κ1) is 17.9. The lowest BCUT2D eigenvalue weighted by Crippen LogP contribution is -2.16. The number of nitrogens with zero attached hydrogens (tertiary/aromatic N) is 3. The zero-order valence-corrected chi connectivity index (χ0v) is 14.7. The second-order valence-corrected chi connectivity index (χ2v) is 6.19. The van der Waals surface area contributed by atoms with Gasteiger partial charge in [-0.2, -0.15) is 0 Å². The van der Waals surface area contributed by atoms with E-state index in [1.165, 1.54) is 6.07 Å². The van der Waals surface area contributed by atoms with Crippen LogP contribution in [0.3, 0.4) is 0 Å². The Morgan fingerprint density at radius 3 is 2.46 bits per heavy atom. The summed E-state index contributed by atoms with van der Waals surface area (Å²) in [5.74, 6) is -0.670. The molecule has 1 atom stereocenters. The third kappa shape index (κ3) is 3.52. The molecule has 7 heteroatoms. The number of fused-ring (bicyclic) bond motifs is 1. The number of aromatic nitrogens is 3. The van der Waals surface area contributed by atoms with Gasteiger partial charge in [0.2, 0.25) is 0 Å². The lowest BCUT2D eigenvalue weighted by Gasteiger charge is -2.16. The summed E-state index contributed by atoms with van der Waals surface area (Å²) in [6, 6.07) is 14.5. The molecule has 0 fully saturated rings. The minimum absolute atomic E-state index is 0.120. The van der Waals surface area contributed by atoms with Gasteiger partial charge in [0, 0.05) is 29.9 Å². The molecule has 2 aromatic carbocycles. The standard InChI is InChI=1S/C21H16F2N4O/c22-15-7-3-8-16(23)19(15)18(28)12-25-21-14-6-1-2-9-17(14)26-20(27-21)13-5-4-10-24-11-13/h1-11,18,28H,12H2,(H,25,26,27). The molecular weight excluding hydrogens is 362 g/mol. The smallest absolute Gasteiger partial charge is 0.163 e. The Labute approximate surface area is 159 Å². The Kier molecular flexibility index (Phi) is 4.90. The van der Waals surface area contributed by atoms with E-state index in [1.807, 2.05) is 30.3 Å². The average molecular weight is 378 g/mol. The molecule has 4 rings (SSSR count). The fourth-order valence-electron chi connectivity index (χ4n) is 2.96. The predicted octanol–water partition coefficient (Wildman–Crippen LogP) is 4.12. The maximum atomic E-state index is 13.9. The van der Waals surface area contributed by atoms with E-state index in [0.717, 1.165) is 23.1 Å². The fourth-order valence-corrected chi connectivity index (χ4v) is 2.96. The van der Waals surface area contributed by atoms with E-state index in [4.69, 9.17) is 0 Å². The summed E-state index contributed by atoms with van der Waals surface area (Å²) < 4.78 is 27.8. The van der Waals surface area contributed by atoms with Crippen molar-refractivity contribution < 1.29 is 13.9 Å². The summed E-state index contributed by atoms with van der Waals surface area (Å²) in [7, 11) is 0. The Hall–Kier alpha value is -3.45. The van der Waals surface area contributed by atoms with Gasteiger partial charge in [0.15, 0.2) is 5.82 Å². The maximum absolute atomic E-state index is 13.9. The minimum atomic E-state index is -1.38. The number of hydrogen-bond donors (Lipinski definition) is 2. The van der Waals surface area contributed by atoms with E-state index in [1.54, 1.807) is 18.5 Å². The van der Waals surface area contributed by atoms with E-state index in [2.05, 4.69) is 20.3 Å². The van der Waals surface area contributed by atoms with Crippen LogP contribution in [0.25, 0.3) is 22.3 Å². The fraction of sp³-hybridized carbons (Fsp3) is 0.0952. The van der Waals surface area contributed by atoms with Crippen LogP contribution in [0.1, 0.15) is 11.7 Å². The van der Waals surface area contributed by atoms with Crippen LogP contribution in [0.4, 0.5) is 14.6 Å². The van der Waals surface area contributed by atoms with Gasteiger partial charge in [-0.05, 0) is 36.4 Å². The summed E-state index contributed by atoms with van der Waals surface area (Å²) in [6.45, 7) is -0.120. The highest BCUT2D eigenvalue weighted by molar-refractivity contribution is 5.90. The largest absolute Gasteiger partial charge is 0.386 e. The molecule has 0 saturated carbocycles. The third-order valence-corrected chi connectivity index (χ3v) is 4.32. The summed E-state index contributed by atoms with van der Waals surface area (Å²) in [4.78, 5) is 13.1. The second kappa shape index (κ2) is 7.66. The lowest BCUT2D eigenvalue weighted by molar-refractivity contribution is 0.181. The molecule has 0 bridgehead atoms. The van der Waals surface area contributed by atoms with Crippen molar-refractivity contribution in [3.05, 3.63) is 84.2 Å². The van der Waals surface area contributed by atoms with Crippen LogP contribution in [0.5, 0.6) is 0 Å². The van der Waals surface area contributed by atoms with Gasteiger partial charge in [0.05, 0.1) is 11.1 Å². The maximum Gasteiger partial charge on any atom is 0.163 e. The van der Waals surface area contributed by atoms with E-state index < -0.39 is 17.7 Å². The van der Waals surface area contributed by atoms with Crippen molar-refractivity contribution in [2.75, 3.05) is 11.9 Å². The number of nitrogens with one attached hydrogen (secondary N) is 1. The normalized spacial score (nSPS) is 12.1. The van der Waals surface area contributed by atoms with E-state index in [0.29, 0.717) is 17.2 Å². The quantitative estimate of drug-likeness (QED) is 0.547. The molecule has 2 N–H and O–H groups in total.